The zero-order valence-electron chi connectivity index (χ0n) is 14.9. The van der Waals surface area contributed by atoms with Crippen LogP contribution in [-0.4, -0.2) is 34.5 Å². The molecule has 0 unspecified atom stereocenters. The maximum Gasteiger partial charge on any atom is 0.238 e. The molecule has 3 heterocycles. The van der Waals surface area contributed by atoms with Gasteiger partial charge < -0.3 is 19.4 Å². The van der Waals surface area contributed by atoms with Crippen LogP contribution >= 0.6 is 11.6 Å². The molecule has 0 bridgehead atoms. The van der Waals surface area contributed by atoms with E-state index in [0.717, 1.165) is 34.2 Å². The summed E-state index contributed by atoms with van der Waals surface area (Å²) in [7, 11) is 0. The quantitative estimate of drug-likeness (QED) is 0.681. The summed E-state index contributed by atoms with van der Waals surface area (Å²) in [5.41, 5.74) is 4.39. The van der Waals surface area contributed by atoms with Crippen molar-refractivity contribution in [3.63, 3.8) is 0 Å². The SMILES string of the molecule is C[C@H]1Cc2[nH]c3ccccc3c2[C@@H](c2ccc3c(c2)OCO3)N1C(=O)CCl. The largest absolute Gasteiger partial charge is 0.454 e. The van der Waals surface area contributed by atoms with E-state index in [4.69, 9.17) is 21.1 Å². The molecular weight excluding hydrogens is 364 g/mol. The Morgan fingerprint density at radius 2 is 2.04 bits per heavy atom. The molecule has 6 heteroatoms. The normalized spacial score (nSPS) is 20.7. The molecule has 0 spiro atoms. The van der Waals surface area contributed by atoms with Crippen LogP contribution in [0.1, 0.15) is 29.8 Å². The van der Waals surface area contributed by atoms with Crippen molar-refractivity contribution in [1.29, 1.82) is 0 Å². The molecule has 1 amide bonds. The van der Waals surface area contributed by atoms with E-state index in [1.54, 1.807) is 0 Å². The van der Waals surface area contributed by atoms with Crippen LogP contribution < -0.4 is 9.47 Å². The molecule has 1 aromatic heterocycles. The van der Waals surface area contributed by atoms with Gasteiger partial charge in [0, 0.05) is 34.6 Å². The first-order valence-corrected chi connectivity index (χ1v) is 9.57. The molecule has 0 saturated carbocycles. The number of hydrogen-bond donors (Lipinski definition) is 1. The Balaban J connectivity index is 1.75. The van der Waals surface area contributed by atoms with Gasteiger partial charge in [0.15, 0.2) is 11.5 Å². The number of carbonyl (C=O) groups is 1. The molecule has 2 aliphatic heterocycles. The maximum absolute atomic E-state index is 12.8. The zero-order chi connectivity index (χ0) is 18.5. The first-order valence-electron chi connectivity index (χ1n) is 9.03. The number of halogens is 1. The Labute approximate surface area is 161 Å². The minimum absolute atomic E-state index is 0.0345. The number of rotatable bonds is 2. The van der Waals surface area contributed by atoms with Crippen LogP contribution in [0.4, 0.5) is 0 Å². The van der Waals surface area contributed by atoms with Crippen molar-refractivity contribution >= 4 is 28.4 Å². The van der Waals surface area contributed by atoms with Gasteiger partial charge in [-0.25, -0.2) is 0 Å². The second kappa shape index (κ2) is 6.20. The maximum atomic E-state index is 12.8. The van der Waals surface area contributed by atoms with Gasteiger partial charge in [0.2, 0.25) is 12.7 Å². The summed E-state index contributed by atoms with van der Waals surface area (Å²) in [6, 6.07) is 13.9. The molecule has 138 valence electrons. The fourth-order valence-corrected chi connectivity index (χ4v) is 4.49. The summed E-state index contributed by atoms with van der Waals surface area (Å²) in [5.74, 6) is 1.34. The first-order chi connectivity index (χ1) is 13.2. The Bertz CT molecular complexity index is 1050. The molecular formula is C21H19ClN2O3. The first kappa shape index (κ1) is 16.5. The molecule has 2 aliphatic rings. The molecule has 2 aromatic carbocycles. The Morgan fingerprint density at radius 3 is 2.89 bits per heavy atom. The highest BCUT2D eigenvalue weighted by atomic mass is 35.5. The number of hydrogen-bond acceptors (Lipinski definition) is 3. The van der Waals surface area contributed by atoms with Gasteiger partial charge in [-0.2, -0.15) is 0 Å². The molecule has 27 heavy (non-hydrogen) atoms. The van der Waals surface area contributed by atoms with Gasteiger partial charge in [-0.1, -0.05) is 24.3 Å². The molecule has 5 nitrogen and oxygen atoms in total. The van der Waals surface area contributed by atoms with E-state index in [-0.39, 0.29) is 30.7 Å². The fraction of sp³-hybridized carbons (Fsp3) is 0.286. The van der Waals surface area contributed by atoms with Crippen LogP contribution in [-0.2, 0) is 11.2 Å². The van der Waals surface area contributed by atoms with E-state index in [0.29, 0.717) is 5.75 Å². The Kier molecular flexibility index (Phi) is 3.79. The van der Waals surface area contributed by atoms with E-state index in [1.807, 2.05) is 35.2 Å². The number of aromatic nitrogens is 1. The van der Waals surface area contributed by atoms with Crippen molar-refractivity contribution in [2.75, 3.05) is 12.7 Å². The lowest BCUT2D eigenvalue weighted by Crippen LogP contribution is -2.46. The number of ether oxygens (including phenoxy) is 2. The lowest BCUT2D eigenvalue weighted by atomic mass is 9.87. The number of nitrogens with zero attached hydrogens (tertiary/aromatic N) is 1. The van der Waals surface area contributed by atoms with Crippen LogP contribution in [0.5, 0.6) is 11.5 Å². The third-order valence-electron chi connectivity index (χ3n) is 5.47. The van der Waals surface area contributed by atoms with Crippen LogP contribution in [0, 0.1) is 0 Å². The van der Waals surface area contributed by atoms with Crippen molar-refractivity contribution in [3.8, 4) is 11.5 Å². The van der Waals surface area contributed by atoms with E-state index >= 15 is 0 Å². The number of H-pyrrole nitrogens is 1. The summed E-state index contributed by atoms with van der Waals surface area (Å²) in [5, 5.41) is 1.13. The van der Waals surface area contributed by atoms with Gasteiger partial charge in [-0.05, 0) is 30.7 Å². The molecule has 5 rings (SSSR count). The lowest BCUT2D eigenvalue weighted by Gasteiger charge is -2.41. The summed E-state index contributed by atoms with van der Waals surface area (Å²) in [4.78, 5) is 18.2. The molecule has 0 radical (unpaired) electrons. The number of amides is 1. The van der Waals surface area contributed by atoms with Gasteiger partial charge >= 0.3 is 0 Å². The zero-order valence-corrected chi connectivity index (χ0v) is 15.6. The third kappa shape index (κ3) is 2.49. The fourth-order valence-electron chi connectivity index (χ4n) is 4.35. The van der Waals surface area contributed by atoms with Crippen molar-refractivity contribution < 1.29 is 14.3 Å². The predicted molar refractivity (Wildman–Crippen MR) is 103 cm³/mol. The second-order valence-corrected chi connectivity index (χ2v) is 7.33. The van der Waals surface area contributed by atoms with E-state index < -0.39 is 0 Å². The van der Waals surface area contributed by atoms with Gasteiger partial charge in [0.25, 0.3) is 0 Å². The van der Waals surface area contributed by atoms with E-state index in [9.17, 15) is 4.79 Å². The lowest BCUT2D eigenvalue weighted by molar-refractivity contribution is -0.132. The monoisotopic (exact) mass is 382 g/mol. The summed E-state index contributed by atoms with van der Waals surface area (Å²) in [6.07, 6.45) is 0.772. The topological polar surface area (TPSA) is 54.6 Å². The number of para-hydroxylation sites is 1. The number of nitrogens with one attached hydrogen (secondary N) is 1. The van der Waals surface area contributed by atoms with Crippen molar-refractivity contribution in [3.05, 3.63) is 59.3 Å². The molecule has 0 aliphatic carbocycles. The smallest absolute Gasteiger partial charge is 0.238 e. The minimum atomic E-state index is -0.222. The van der Waals surface area contributed by atoms with Crippen LogP contribution in [0.25, 0.3) is 10.9 Å². The number of carbonyl (C=O) groups excluding carboxylic acids is 1. The number of aromatic amines is 1. The summed E-state index contributed by atoms with van der Waals surface area (Å²) in [6.45, 7) is 2.29. The molecule has 0 saturated heterocycles. The van der Waals surface area contributed by atoms with Crippen LogP contribution in [0.2, 0.25) is 0 Å². The van der Waals surface area contributed by atoms with Crippen molar-refractivity contribution in [2.45, 2.75) is 25.4 Å². The second-order valence-electron chi connectivity index (χ2n) is 7.07. The minimum Gasteiger partial charge on any atom is -0.454 e. The molecule has 1 N–H and O–H groups in total. The average Bonchev–Trinajstić information content (AvgIpc) is 3.29. The summed E-state index contributed by atoms with van der Waals surface area (Å²) < 4.78 is 11.0. The molecule has 2 atom stereocenters. The van der Waals surface area contributed by atoms with E-state index in [1.165, 1.54) is 5.69 Å². The molecule has 3 aromatic rings. The molecule has 0 fully saturated rings. The van der Waals surface area contributed by atoms with Gasteiger partial charge in [0.1, 0.15) is 5.88 Å². The standard InChI is InChI=1S/C21H19ClN2O3/c1-12-8-16-20(14-4-2-3-5-15(14)23-16)21(24(12)19(25)10-22)13-6-7-17-18(9-13)27-11-26-17/h2-7,9,12,21,23H,8,10-11H2,1H3/t12-,21+/m0/s1. The van der Waals surface area contributed by atoms with Crippen molar-refractivity contribution in [2.24, 2.45) is 0 Å². The van der Waals surface area contributed by atoms with Gasteiger partial charge in [-0.3, -0.25) is 4.79 Å². The van der Waals surface area contributed by atoms with Crippen LogP contribution in [0.15, 0.2) is 42.5 Å². The highest BCUT2D eigenvalue weighted by Gasteiger charge is 2.38. The predicted octanol–water partition coefficient (Wildman–Crippen LogP) is 4.00. The van der Waals surface area contributed by atoms with Crippen LogP contribution in [0.3, 0.4) is 0 Å². The highest BCUT2D eigenvalue weighted by Crippen LogP contribution is 2.44. The summed E-state index contributed by atoms with van der Waals surface area (Å²) >= 11 is 5.97. The third-order valence-corrected chi connectivity index (χ3v) is 5.70. The number of fused-ring (bicyclic) bond motifs is 4. The Hall–Kier alpha value is -2.66. The average molecular weight is 383 g/mol. The number of alkyl halides is 1. The van der Waals surface area contributed by atoms with Gasteiger partial charge in [0.05, 0.1) is 6.04 Å². The Morgan fingerprint density at radius 1 is 1.22 bits per heavy atom. The number of benzene rings is 2. The van der Waals surface area contributed by atoms with Crippen molar-refractivity contribution in [1.82, 2.24) is 9.88 Å². The highest BCUT2D eigenvalue weighted by molar-refractivity contribution is 6.27. The van der Waals surface area contributed by atoms with Gasteiger partial charge in [-0.15, -0.1) is 11.6 Å². The van der Waals surface area contributed by atoms with E-state index in [2.05, 4.69) is 24.0 Å².